The summed E-state index contributed by atoms with van der Waals surface area (Å²) in [5.74, 6) is -1.58. The van der Waals surface area contributed by atoms with Crippen molar-refractivity contribution in [3.05, 3.63) is 60.2 Å². The number of fused-ring (bicyclic) bond motifs is 1. The monoisotopic (exact) mass is 615 g/mol. The van der Waals surface area contributed by atoms with Crippen molar-refractivity contribution >= 4 is 58.8 Å². The molecule has 2 saturated heterocycles. The molecule has 0 radical (unpaired) electrons. The SMILES string of the molecule is Cn1nnnc1SCC1(C(=O)O)CS[C@@H]2C(NC(=O)C(=NOCSc3ccccc3)c3cccc(O)c3)C(=O)N2C1. The fourth-order valence-corrected chi connectivity index (χ4v) is 7.54. The standard InChI is InChI=1S/C25H25N7O6S3/c1-31-24(27-29-30-31)40-13-25(23(36)37)11-32-21(35)19(22(32)39-12-25)26-20(34)18(15-6-5-7-16(33)10-15)28-38-14-41-17-8-3-2-4-9-17/h2-10,19,22,33H,11-14H2,1H3,(H,26,34)(H,36,37)/t19?,22-,25?/m1/s1. The van der Waals surface area contributed by atoms with E-state index in [1.54, 1.807) is 19.2 Å². The topological polar surface area (TPSA) is 172 Å². The van der Waals surface area contributed by atoms with Crippen LogP contribution in [0, 0.1) is 5.41 Å². The second-order valence-electron chi connectivity index (χ2n) is 9.27. The first-order valence-electron chi connectivity index (χ1n) is 12.3. The van der Waals surface area contributed by atoms with E-state index in [1.165, 1.54) is 57.0 Å². The molecule has 3 N–H and O–H groups in total. The van der Waals surface area contributed by atoms with Gasteiger partial charge in [0, 0.05) is 35.6 Å². The van der Waals surface area contributed by atoms with Gasteiger partial charge in [-0.3, -0.25) is 14.4 Å². The minimum absolute atomic E-state index is 0.00317. The molecule has 13 nitrogen and oxygen atoms in total. The molecule has 1 aromatic heterocycles. The Morgan fingerprint density at radius 1 is 1.22 bits per heavy atom. The number of nitrogens with one attached hydrogen (secondary N) is 1. The number of carboxylic acids is 1. The molecule has 0 spiro atoms. The summed E-state index contributed by atoms with van der Waals surface area (Å²) in [6.45, 7) is -0.00317. The number of nitrogens with zero attached hydrogens (tertiary/aromatic N) is 6. The minimum Gasteiger partial charge on any atom is -0.508 e. The first kappa shape index (κ1) is 28.8. The van der Waals surface area contributed by atoms with E-state index < -0.39 is 28.7 Å². The van der Waals surface area contributed by atoms with Crippen molar-refractivity contribution in [2.45, 2.75) is 21.5 Å². The van der Waals surface area contributed by atoms with Gasteiger partial charge in [0.25, 0.3) is 5.91 Å². The van der Waals surface area contributed by atoms with Crippen LogP contribution in [0.2, 0.25) is 0 Å². The number of tetrazole rings is 1. The van der Waals surface area contributed by atoms with E-state index in [4.69, 9.17) is 4.84 Å². The number of rotatable bonds is 11. The van der Waals surface area contributed by atoms with E-state index in [9.17, 15) is 24.6 Å². The minimum atomic E-state index is -1.21. The maximum atomic E-state index is 13.3. The Morgan fingerprint density at radius 3 is 2.73 bits per heavy atom. The van der Waals surface area contributed by atoms with Crippen LogP contribution in [0.15, 0.2) is 69.8 Å². The molecular weight excluding hydrogens is 591 g/mol. The van der Waals surface area contributed by atoms with Gasteiger partial charge < -0.3 is 25.3 Å². The quantitative estimate of drug-likeness (QED) is 0.0712. The molecule has 2 unspecified atom stereocenters. The Kier molecular flexibility index (Phi) is 8.70. The molecular formula is C25H25N7O6S3. The number of carbonyl (C=O) groups excluding carboxylic acids is 2. The molecule has 0 bridgehead atoms. The Morgan fingerprint density at radius 2 is 2.02 bits per heavy atom. The highest BCUT2D eigenvalue weighted by molar-refractivity contribution is 8.00. The zero-order valence-corrected chi connectivity index (χ0v) is 24.1. The molecule has 16 heteroatoms. The molecule has 3 heterocycles. The van der Waals surface area contributed by atoms with Crippen LogP contribution in [0.25, 0.3) is 0 Å². The highest BCUT2D eigenvalue weighted by Gasteiger charge is 2.57. The van der Waals surface area contributed by atoms with Crippen molar-refractivity contribution in [1.82, 2.24) is 30.4 Å². The van der Waals surface area contributed by atoms with Gasteiger partial charge in [0.05, 0.1) is 0 Å². The molecule has 2 aliphatic rings. The molecule has 2 aromatic carbocycles. The van der Waals surface area contributed by atoms with Gasteiger partial charge in [-0.25, -0.2) is 4.68 Å². The van der Waals surface area contributed by atoms with Gasteiger partial charge in [-0.1, -0.05) is 59.0 Å². The molecule has 2 aliphatic heterocycles. The number of benzene rings is 2. The largest absolute Gasteiger partial charge is 0.508 e. The third-order valence-corrected chi connectivity index (χ3v) is 10.2. The number of hydrogen-bond donors (Lipinski definition) is 3. The molecule has 3 aromatic rings. The maximum absolute atomic E-state index is 13.3. The lowest BCUT2D eigenvalue weighted by Gasteiger charge is -2.53. The van der Waals surface area contributed by atoms with Crippen LogP contribution in [0.5, 0.6) is 5.75 Å². The number of aromatic hydroxyl groups is 1. The number of aryl methyl sites for hydroxylation is 1. The van der Waals surface area contributed by atoms with Gasteiger partial charge in [-0.05, 0) is 34.7 Å². The summed E-state index contributed by atoms with van der Waals surface area (Å²) >= 11 is 3.89. The molecule has 41 heavy (non-hydrogen) atoms. The zero-order valence-electron chi connectivity index (χ0n) is 21.6. The number of phenolic OH excluding ortho intramolecular Hbond substituents is 1. The summed E-state index contributed by atoms with van der Waals surface area (Å²) in [7, 11) is 1.66. The highest BCUT2D eigenvalue weighted by Crippen LogP contribution is 2.44. The summed E-state index contributed by atoms with van der Waals surface area (Å²) in [6, 6.07) is 14.7. The van der Waals surface area contributed by atoms with Crippen LogP contribution >= 0.6 is 35.3 Å². The van der Waals surface area contributed by atoms with Gasteiger partial charge >= 0.3 is 5.97 Å². The Labute approximate surface area is 247 Å². The van der Waals surface area contributed by atoms with Gasteiger partial charge in [0.15, 0.2) is 11.7 Å². The Bertz CT molecular complexity index is 1470. The number of phenols is 1. The summed E-state index contributed by atoms with van der Waals surface area (Å²) < 4.78 is 1.45. The first-order valence-corrected chi connectivity index (χ1v) is 15.3. The van der Waals surface area contributed by atoms with Crippen molar-refractivity contribution < 1.29 is 29.4 Å². The number of β-lactam (4-membered cyclic amide) rings is 1. The highest BCUT2D eigenvalue weighted by atomic mass is 32.2. The number of aliphatic carboxylic acids is 1. The smallest absolute Gasteiger partial charge is 0.313 e. The Balaban J connectivity index is 1.25. The molecule has 5 rings (SSSR count). The molecule has 0 aliphatic carbocycles. The molecule has 0 saturated carbocycles. The van der Waals surface area contributed by atoms with Crippen molar-refractivity contribution in [2.24, 2.45) is 17.6 Å². The van der Waals surface area contributed by atoms with Crippen LogP contribution < -0.4 is 5.32 Å². The summed E-state index contributed by atoms with van der Waals surface area (Å²) in [6.07, 6.45) is 0. The van der Waals surface area contributed by atoms with Crippen LogP contribution in [-0.2, 0) is 26.3 Å². The molecule has 3 atom stereocenters. The summed E-state index contributed by atoms with van der Waals surface area (Å²) in [4.78, 5) is 46.6. The van der Waals surface area contributed by atoms with Gasteiger partial charge in [0.2, 0.25) is 11.1 Å². The number of amides is 2. The molecule has 2 fully saturated rings. The second-order valence-corrected chi connectivity index (χ2v) is 12.3. The third-order valence-electron chi connectivity index (χ3n) is 6.46. The lowest BCUT2D eigenvalue weighted by atomic mass is 9.89. The van der Waals surface area contributed by atoms with E-state index in [0.717, 1.165) is 4.90 Å². The summed E-state index contributed by atoms with van der Waals surface area (Å²) in [5.41, 5.74) is -0.997. The number of carbonyl (C=O) groups is 3. The van der Waals surface area contributed by atoms with E-state index in [-0.39, 0.29) is 41.4 Å². The zero-order chi connectivity index (χ0) is 29.0. The number of oxime groups is 1. The van der Waals surface area contributed by atoms with E-state index in [0.29, 0.717) is 10.7 Å². The van der Waals surface area contributed by atoms with Crippen LogP contribution in [0.3, 0.4) is 0 Å². The number of aromatic nitrogens is 4. The van der Waals surface area contributed by atoms with E-state index in [1.807, 2.05) is 30.3 Å². The fraction of sp³-hybridized carbons (Fsp3) is 0.320. The van der Waals surface area contributed by atoms with Crippen LogP contribution in [-0.4, -0.2) is 94.2 Å². The predicted molar refractivity (Wildman–Crippen MR) is 152 cm³/mol. The van der Waals surface area contributed by atoms with Crippen LogP contribution in [0.1, 0.15) is 5.56 Å². The summed E-state index contributed by atoms with van der Waals surface area (Å²) in [5, 5.41) is 38.0. The average Bonchev–Trinajstić information content (AvgIpc) is 3.39. The number of carboxylic acid groups (broad SMARTS) is 1. The van der Waals surface area contributed by atoms with E-state index in [2.05, 4.69) is 26.0 Å². The fourth-order valence-electron chi connectivity index (χ4n) is 4.24. The normalized spacial score (nSPS) is 22.0. The van der Waals surface area contributed by atoms with Crippen molar-refractivity contribution in [1.29, 1.82) is 0 Å². The van der Waals surface area contributed by atoms with Gasteiger partial charge in [0.1, 0.15) is 22.6 Å². The van der Waals surface area contributed by atoms with Gasteiger partial charge in [-0.15, -0.1) is 16.9 Å². The third kappa shape index (κ3) is 6.28. The number of hydrogen-bond acceptors (Lipinski definition) is 12. The lowest BCUT2D eigenvalue weighted by molar-refractivity contribution is -0.157. The lowest BCUT2D eigenvalue weighted by Crippen LogP contribution is -2.74. The van der Waals surface area contributed by atoms with E-state index >= 15 is 0 Å². The predicted octanol–water partition coefficient (Wildman–Crippen LogP) is 1.65. The number of thioether (sulfide) groups is 3. The first-order chi connectivity index (χ1) is 19.8. The van der Waals surface area contributed by atoms with Crippen molar-refractivity contribution in [3.63, 3.8) is 0 Å². The second kappa shape index (κ2) is 12.4. The van der Waals surface area contributed by atoms with Gasteiger partial charge in [-0.2, -0.15) is 0 Å². The van der Waals surface area contributed by atoms with Crippen molar-refractivity contribution in [3.8, 4) is 5.75 Å². The van der Waals surface area contributed by atoms with Crippen LogP contribution in [0.4, 0.5) is 0 Å². The average molecular weight is 616 g/mol. The van der Waals surface area contributed by atoms with Crippen molar-refractivity contribution in [2.75, 3.05) is 24.0 Å². The maximum Gasteiger partial charge on any atom is 0.313 e. The molecule has 2 amide bonds. The Hall–Kier alpha value is -3.76. The molecule has 214 valence electrons.